The molecule has 1 aromatic heterocycles. The molecule has 1 aliphatic rings. The molecule has 0 saturated heterocycles. The lowest BCUT2D eigenvalue weighted by Crippen LogP contribution is -2.00. The zero-order chi connectivity index (χ0) is 11.1. The molecule has 3 nitrogen and oxygen atoms in total. The third-order valence-corrected chi connectivity index (χ3v) is 2.70. The molecule has 1 aromatic carbocycles. The van der Waals surface area contributed by atoms with Crippen LogP contribution in [0.2, 0.25) is 0 Å². The van der Waals surface area contributed by atoms with Gasteiger partial charge in [-0.05, 0) is 25.0 Å². The Kier molecular flexibility index (Phi) is 1.99. The fourth-order valence-electron chi connectivity index (χ4n) is 1.75. The van der Waals surface area contributed by atoms with E-state index in [4.69, 9.17) is 0 Å². The molecular formula is C11H9F2N3. The second-order valence-electron chi connectivity index (χ2n) is 3.89. The van der Waals surface area contributed by atoms with Gasteiger partial charge in [0.1, 0.15) is 18.0 Å². The summed E-state index contributed by atoms with van der Waals surface area (Å²) in [6.45, 7) is 0. The first-order chi connectivity index (χ1) is 7.77. The lowest BCUT2D eigenvalue weighted by molar-refractivity contribution is 0.583. The number of rotatable bonds is 2. The van der Waals surface area contributed by atoms with Crippen LogP contribution in [-0.4, -0.2) is 14.8 Å². The van der Waals surface area contributed by atoms with Gasteiger partial charge in [0.25, 0.3) is 0 Å². The van der Waals surface area contributed by atoms with Crippen molar-refractivity contribution in [2.45, 2.75) is 18.9 Å². The molecule has 16 heavy (non-hydrogen) atoms. The highest BCUT2D eigenvalue weighted by molar-refractivity contribution is 5.57. The third-order valence-electron chi connectivity index (χ3n) is 2.70. The summed E-state index contributed by atoms with van der Waals surface area (Å²) < 4.78 is 28.9. The van der Waals surface area contributed by atoms with Crippen LogP contribution in [0.3, 0.4) is 0 Å². The Labute approximate surface area is 90.7 Å². The minimum absolute atomic E-state index is 0.0908. The SMILES string of the molecule is Fc1cccc(F)c1-c1nncn1C1CC1. The van der Waals surface area contributed by atoms with Crippen molar-refractivity contribution in [1.29, 1.82) is 0 Å². The molecule has 1 heterocycles. The van der Waals surface area contributed by atoms with Gasteiger partial charge in [-0.2, -0.15) is 0 Å². The molecule has 5 heteroatoms. The minimum Gasteiger partial charge on any atom is -0.310 e. The molecule has 82 valence electrons. The predicted octanol–water partition coefficient (Wildman–Crippen LogP) is 2.56. The lowest BCUT2D eigenvalue weighted by Gasteiger charge is -2.06. The molecule has 3 rings (SSSR count). The quantitative estimate of drug-likeness (QED) is 0.780. The van der Waals surface area contributed by atoms with E-state index in [0.717, 1.165) is 12.8 Å². The van der Waals surface area contributed by atoms with Crippen molar-refractivity contribution in [2.24, 2.45) is 0 Å². The van der Waals surface area contributed by atoms with Gasteiger partial charge in [-0.25, -0.2) is 8.78 Å². The van der Waals surface area contributed by atoms with Gasteiger partial charge in [-0.3, -0.25) is 0 Å². The van der Waals surface area contributed by atoms with Crippen molar-refractivity contribution in [3.8, 4) is 11.4 Å². The smallest absolute Gasteiger partial charge is 0.169 e. The van der Waals surface area contributed by atoms with Crippen molar-refractivity contribution in [1.82, 2.24) is 14.8 Å². The standard InChI is InChI=1S/C11H9F2N3/c12-8-2-1-3-9(13)10(8)11-15-14-6-16(11)7-4-5-7/h1-3,6-7H,4-5H2. The Morgan fingerprint density at radius 2 is 1.88 bits per heavy atom. The van der Waals surface area contributed by atoms with Crippen LogP contribution in [0.15, 0.2) is 24.5 Å². The number of benzene rings is 1. The van der Waals surface area contributed by atoms with Gasteiger partial charge in [0.2, 0.25) is 0 Å². The third kappa shape index (κ3) is 1.39. The minimum atomic E-state index is -0.602. The summed E-state index contributed by atoms with van der Waals surface area (Å²) in [5.74, 6) is -0.928. The van der Waals surface area contributed by atoms with Gasteiger partial charge < -0.3 is 4.57 Å². The van der Waals surface area contributed by atoms with Crippen LogP contribution in [0.5, 0.6) is 0 Å². The van der Waals surface area contributed by atoms with Gasteiger partial charge in [0, 0.05) is 6.04 Å². The van der Waals surface area contributed by atoms with Crippen LogP contribution in [0.1, 0.15) is 18.9 Å². The predicted molar refractivity (Wildman–Crippen MR) is 53.6 cm³/mol. The molecule has 0 unspecified atom stereocenters. The summed E-state index contributed by atoms with van der Waals surface area (Å²) in [5.41, 5.74) is -0.0908. The van der Waals surface area contributed by atoms with Crippen LogP contribution >= 0.6 is 0 Å². The summed E-state index contributed by atoms with van der Waals surface area (Å²) in [5, 5.41) is 7.52. The van der Waals surface area contributed by atoms with E-state index in [9.17, 15) is 8.78 Å². The highest BCUT2D eigenvalue weighted by Gasteiger charge is 2.28. The Morgan fingerprint density at radius 3 is 2.50 bits per heavy atom. The average molecular weight is 221 g/mol. The van der Waals surface area contributed by atoms with Gasteiger partial charge in [-0.1, -0.05) is 6.07 Å². The molecule has 1 aliphatic carbocycles. The normalized spacial score (nSPS) is 15.4. The first-order valence-electron chi connectivity index (χ1n) is 5.11. The Morgan fingerprint density at radius 1 is 1.19 bits per heavy atom. The number of nitrogens with zero attached hydrogens (tertiary/aromatic N) is 3. The molecule has 0 N–H and O–H groups in total. The Bertz CT molecular complexity index is 512. The number of halogens is 2. The van der Waals surface area contributed by atoms with Gasteiger partial charge in [0.05, 0.1) is 5.56 Å². The number of aromatic nitrogens is 3. The second-order valence-corrected chi connectivity index (χ2v) is 3.89. The monoisotopic (exact) mass is 221 g/mol. The highest BCUT2D eigenvalue weighted by atomic mass is 19.1. The van der Waals surface area contributed by atoms with Crippen LogP contribution in [0, 0.1) is 11.6 Å². The summed E-state index contributed by atoms with van der Waals surface area (Å²) >= 11 is 0. The van der Waals surface area contributed by atoms with Crippen LogP contribution in [-0.2, 0) is 0 Å². The van der Waals surface area contributed by atoms with E-state index in [1.807, 2.05) is 0 Å². The summed E-state index contributed by atoms with van der Waals surface area (Å²) in [6, 6.07) is 4.09. The lowest BCUT2D eigenvalue weighted by atomic mass is 10.2. The van der Waals surface area contributed by atoms with E-state index in [-0.39, 0.29) is 11.4 Å². The summed E-state index contributed by atoms with van der Waals surface area (Å²) in [4.78, 5) is 0. The highest BCUT2D eigenvalue weighted by Crippen LogP contribution is 2.38. The largest absolute Gasteiger partial charge is 0.310 e. The van der Waals surface area contributed by atoms with Crippen LogP contribution < -0.4 is 0 Å². The maximum atomic E-state index is 13.6. The zero-order valence-corrected chi connectivity index (χ0v) is 8.40. The molecule has 0 aliphatic heterocycles. The van der Waals surface area contributed by atoms with E-state index < -0.39 is 11.6 Å². The molecule has 0 spiro atoms. The van der Waals surface area contributed by atoms with E-state index in [1.54, 1.807) is 4.57 Å². The molecule has 0 radical (unpaired) electrons. The van der Waals surface area contributed by atoms with Gasteiger partial charge in [0.15, 0.2) is 5.82 Å². The van der Waals surface area contributed by atoms with Crippen molar-refractivity contribution < 1.29 is 8.78 Å². The van der Waals surface area contributed by atoms with Crippen molar-refractivity contribution in [2.75, 3.05) is 0 Å². The van der Waals surface area contributed by atoms with E-state index in [2.05, 4.69) is 10.2 Å². The zero-order valence-electron chi connectivity index (χ0n) is 8.40. The Hall–Kier alpha value is -1.78. The van der Waals surface area contributed by atoms with E-state index >= 15 is 0 Å². The molecule has 2 aromatic rings. The summed E-state index contributed by atoms with van der Waals surface area (Å²) in [6.07, 6.45) is 3.56. The second kappa shape index (κ2) is 3.37. The van der Waals surface area contributed by atoms with E-state index in [1.165, 1.54) is 24.5 Å². The van der Waals surface area contributed by atoms with Crippen LogP contribution in [0.4, 0.5) is 8.78 Å². The van der Waals surface area contributed by atoms with Gasteiger partial charge in [-0.15, -0.1) is 10.2 Å². The average Bonchev–Trinajstić information content (AvgIpc) is 2.99. The molecule has 0 bridgehead atoms. The summed E-state index contributed by atoms with van der Waals surface area (Å²) in [7, 11) is 0. The van der Waals surface area contributed by atoms with Gasteiger partial charge >= 0.3 is 0 Å². The maximum absolute atomic E-state index is 13.6. The maximum Gasteiger partial charge on any atom is 0.169 e. The molecule has 0 amide bonds. The first-order valence-corrected chi connectivity index (χ1v) is 5.11. The van der Waals surface area contributed by atoms with Crippen molar-refractivity contribution >= 4 is 0 Å². The molecule has 0 atom stereocenters. The molecule has 1 saturated carbocycles. The van der Waals surface area contributed by atoms with Crippen molar-refractivity contribution in [3.63, 3.8) is 0 Å². The number of hydrogen-bond donors (Lipinski definition) is 0. The fourth-order valence-corrected chi connectivity index (χ4v) is 1.75. The number of hydrogen-bond acceptors (Lipinski definition) is 2. The molecular weight excluding hydrogens is 212 g/mol. The Balaban J connectivity index is 2.17. The fraction of sp³-hybridized carbons (Fsp3) is 0.273. The van der Waals surface area contributed by atoms with Crippen LogP contribution in [0.25, 0.3) is 11.4 Å². The van der Waals surface area contributed by atoms with Crippen molar-refractivity contribution in [3.05, 3.63) is 36.2 Å². The topological polar surface area (TPSA) is 30.7 Å². The molecule has 1 fully saturated rings. The van der Waals surface area contributed by atoms with E-state index in [0.29, 0.717) is 6.04 Å². The first kappa shape index (κ1) is 9.45.